The molecule has 0 aliphatic heterocycles. The third-order valence-electron chi connectivity index (χ3n) is 7.75. The molecule has 3 heteroatoms. The van der Waals surface area contributed by atoms with E-state index in [1.165, 1.54) is 50.1 Å². The van der Waals surface area contributed by atoms with Gasteiger partial charge in [0.05, 0.1) is 13.2 Å². The van der Waals surface area contributed by atoms with Crippen molar-refractivity contribution in [3.8, 4) is 0 Å². The van der Waals surface area contributed by atoms with Crippen molar-refractivity contribution in [1.29, 1.82) is 0 Å². The van der Waals surface area contributed by atoms with Gasteiger partial charge in [-0.2, -0.15) is 0 Å². The molecule has 0 aliphatic carbocycles. The van der Waals surface area contributed by atoms with Crippen LogP contribution in [0.5, 0.6) is 0 Å². The van der Waals surface area contributed by atoms with E-state index in [4.69, 9.17) is 9.47 Å². The number of methoxy groups -OCH3 is 2. The van der Waals surface area contributed by atoms with Crippen molar-refractivity contribution in [1.82, 2.24) is 0 Å². The Bertz CT molecular complexity index is 1580. The molecule has 0 N–H and O–H groups in total. The summed E-state index contributed by atoms with van der Waals surface area (Å²) >= 11 is 0. The zero-order chi connectivity index (χ0) is 29.5. The van der Waals surface area contributed by atoms with Crippen LogP contribution < -0.4 is 4.90 Å². The average molecular weight is 554 g/mol. The van der Waals surface area contributed by atoms with Gasteiger partial charge in [-0.1, -0.05) is 78.9 Å². The molecule has 0 heterocycles. The average Bonchev–Trinajstić information content (AvgIpc) is 3.00. The highest BCUT2D eigenvalue weighted by Gasteiger charge is 2.16. The number of hydrogen-bond donors (Lipinski definition) is 0. The molecule has 5 aromatic carbocycles. The lowest BCUT2D eigenvalue weighted by atomic mass is 9.94. The lowest BCUT2D eigenvalue weighted by Crippen LogP contribution is -2.11. The second-order valence-electron chi connectivity index (χ2n) is 10.8. The van der Waals surface area contributed by atoms with Crippen LogP contribution in [0.2, 0.25) is 0 Å². The number of ether oxygens (including phenoxy) is 2. The molecule has 5 aromatic rings. The van der Waals surface area contributed by atoms with Crippen molar-refractivity contribution < 1.29 is 9.47 Å². The van der Waals surface area contributed by atoms with Gasteiger partial charge < -0.3 is 14.4 Å². The molecular formula is C39H39NO2. The van der Waals surface area contributed by atoms with E-state index >= 15 is 0 Å². The van der Waals surface area contributed by atoms with Crippen molar-refractivity contribution in [3.05, 3.63) is 160 Å². The Balaban J connectivity index is 1.61. The minimum atomic E-state index is 0.599. The van der Waals surface area contributed by atoms with Crippen LogP contribution in [0.3, 0.4) is 0 Å². The highest BCUT2D eigenvalue weighted by molar-refractivity contribution is 5.92. The molecule has 0 aliphatic rings. The Kier molecular flexibility index (Phi) is 9.33. The predicted octanol–water partition coefficient (Wildman–Crippen LogP) is 9.96. The molecule has 0 amide bonds. The Labute approximate surface area is 250 Å². The summed E-state index contributed by atoms with van der Waals surface area (Å²) < 4.78 is 10.8. The molecule has 0 radical (unpaired) electrons. The molecule has 212 valence electrons. The lowest BCUT2D eigenvalue weighted by Gasteiger charge is -2.28. The first-order valence-electron chi connectivity index (χ1n) is 14.4. The molecule has 0 atom stereocenters. The lowest BCUT2D eigenvalue weighted by molar-refractivity contribution is 0.184. The van der Waals surface area contributed by atoms with Gasteiger partial charge in [0.1, 0.15) is 0 Å². The first kappa shape index (κ1) is 29.1. The van der Waals surface area contributed by atoms with Crippen molar-refractivity contribution in [2.75, 3.05) is 19.1 Å². The molecule has 0 saturated heterocycles. The van der Waals surface area contributed by atoms with Gasteiger partial charge in [-0.05, 0) is 113 Å². The minimum Gasteiger partial charge on any atom is -0.380 e. The maximum absolute atomic E-state index is 5.42. The molecule has 3 nitrogen and oxygen atoms in total. The van der Waals surface area contributed by atoms with Gasteiger partial charge in [0.2, 0.25) is 0 Å². The number of hydrogen-bond acceptors (Lipinski definition) is 3. The fourth-order valence-corrected chi connectivity index (χ4v) is 5.41. The van der Waals surface area contributed by atoms with Crippen molar-refractivity contribution >= 4 is 28.7 Å². The highest BCUT2D eigenvalue weighted by Crippen LogP contribution is 2.38. The molecule has 0 saturated carbocycles. The SMILES string of the molecule is COCc1ccc(N(c2ccc(C=C(c3ccccc3)c3ccccc3)c(C)c2)c2ccc(COC)c(C)c2)cc1C. The number of rotatable bonds is 10. The van der Waals surface area contributed by atoms with E-state index in [9.17, 15) is 0 Å². The Morgan fingerprint density at radius 2 is 0.976 bits per heavy atom. The van der Waals surface area contributed by atoms with Gasteiger partial charge >= 0.3 is 0 Å². The Morgan fingerprint density at radius 3 is 1.38 bits per heavy atom. The van der Waals surface area contributed by atoms with Crippen LogP contribution in [0, 0.1) is 20.8 Å². The molecule has 0 spiro atoms. The number of benzene rings is 5. The fraction of sp³-hybridized carbons (Fsp3) is 0.179. The van der Waals surface area contributed by atoms with Crippen molar-refractivity contribution in [2.45, 2.75) is 34.0 Å². The molecule has 0 aromatic heterocycles. The number of aryl methyl sites for hydroxylation is 3. The molecule has 5 rings (SSSR count). The fourth-order valence-electron chi connectivity index (χ4n) is 5.41. The molecule has 0 bridgehead atoms. The molecule has 0 fully saturated rings. The van der Waals surface area contributed by atoms with E-state index < -0.39 is 0 Å². The summed E-state index contributed by atoms with van der Waals surface area (Å²) in [5, 5.41) is 0. The first-order valence-corrected chi connectivity index (χ1v) is 14.4. The summed E-state index contributed by atoms with van der Waals surface area (Å²) in [5.41, 5.74) is 14.2. The Hall–Kier alpha value is -4.44. The summed E-state index contributed by atoms with van der Waals surface area (Å²) in [7, 11) is 3.48. The minimum absolute atomic E-state index is 0.599. The van der Waals surface area contributed by atoms with E-state index in [-0.39, 0.29) is 0 Å². The third-order valence-corrected chi connectivity index (χ3v) is 7.75. The van der Waals surface area contributed by atoms with Crippen LogP contribution >= 0.6 is 0 Å². The summed E-state index contributed by atoms with van der Waals surface area (Å²) in [6.45, 7) is 7.69. The maximum atomic E-state index is 5.42. The van der Waals surface area contributed by atoms with Gasteiger partial charge in [-0.25, -0.2) is 0 Å². The van der Waals surface area contributed by atoms with E-state index in [1.54, 1.807) is 14.2 Å². The van der Waals surface area contributed by atoms with Gasteiger partial charge in [-0.15, -0.1) is 0 Å². The number of anilines is 3. The largest absolute Gasteiger partial charge is 0.380 e. The van der Waals surface area contributed by atoms with Gasteiger partial charge in [-0.3, -0.25) is 0 Å². The summed E-state index contributed by atoms with van der Waals surface area (Å²) in [6, 6.07) is 41.2. The van der Waals surface area contributed by atoms with Crippen LogP contribution in [0.4, 0.5) is 17.1 Å². The van der Waals surface area contributed by atoms with Crippen LogP contribution in [-0.2, 0) is 22.7 Å². The van der Waals surface area contributed by atoms with Gasteiger partial charge in [0.15, 0.2) is 0 Å². The van der Waals surface area contributed by atoms with E-state index in [2.05, 4.69) is 147 Å². The zero-order valence-corrected chi connectivity index (χ0v) is 25.2. The summed E-state index contributed by atoms with van der Waals surface area (Å²) in [4.78, 5) is 2.34. The summed E-state index contributed by atoms with van der Waals surface area (Å²) in [5.74, 6) is 0. The quantitative estimate of drug-likeness (QED) is 0.161. The van der Waals surface area contributed by atoms with Crippen molar-refractivity contribution in [2.24, 2.45) is 0 Å². The second kappa shape index (κ2) is 13.5. The monoisotopic (exact) mass is 553 g/mol. The molecular weight excluding hydrogens is 514 g/mol. The smallest absolute Gasteiger partial charge is 0.0715 e. The van der Waals surface area contributed by atoms with Crippen LogP contribution in [-0.4, -0.2) is 14.2 Å². The standard InChI is InChI=1S/C39H39NO2/c1-28-22-36(19-16-33(28)25-39(31-12-8-6-9-13-31)32-14-10-7-11-15-32)40(37-20-17-34(26-41-4)29(2)23-37)38-21-18-35(27-42-5)30(3)24-38/h6-25H,26-27H2,1-5H3. The highest BCUT2D eigenvalue weighted by atomic mass is 16.5. The second-order valence-corrected chi connectivity index (χ2v) is 10.8. The van der Waals surface area contributed by atoms with Crippen LogP contribution in [0.1, 0.15) is 44.5 Å². The van der Waals surface area contributed by atoms with Crippen LogP contribution in [0.25, 0.3) is 11.6 Å². The zero-order valence-electron chi connectivity index (χ0n) is 25.2. The normalized spacial score (nSPS) is 10.9. The number of nitrogens with zero attached hydrogens (tertiary/aromatic N) is 1. The topological polar surface area (TPSA) is 21.7 Å². The summed E-state index contributed by atoms with van der Waals surface area (Å²) in [6.07, 6.45) is 2.31. The third kappa shape index (κ3) is 6.54. The molecule has 42 heavy (non-hydrogen) atoms. The van der Waals surface area contributed by atoms with Gasteiger partial charge in [0, 0.05) is 31.3 Å². The predicted molar refractivity (Wildman–Crippen MR) is 177 cm³/mol. The van der Waals surface area contributed by atoms with Gasteiger partial charge in [0.25, 0.3) is 0 Å². The molecule has 0 unspecified atom stereocenters. The van der Waals surface area contributed by atoms with E-state index in [0.717, 1.165) is 17.1 Å². The maximum Gasteiger partial charge on any atom is 0.0715 e. The van der Waals surface area contributed by atoms with Crippen molar-refractivity contribution in [3.63, 3.8) is 0 Å². The van der Waals surface area contributed by atoms with Crippen LogP contribution in [0.15, 0.2) is 115 Å². The van der Waals surface area contributed by atoms with E-state index in [0.29, 0.717) is 13.2 Å². The Morgan fingerprint density at radius 1 is 0.548 bits per heavy atom. The van der Waals surface area contributed by atoms with E-state index in [1.807, 2.05) is 0 Å². The first-order chi connectivity index (χ1) is 20.5.